The predicted molar refractivity (Wildman–Crippen MR) is 99.7 cm³/mol. The van der Waals surface area contributed by atoms with Crippen LogP contribution in [0.25, 0.3) is 0 Å². The van der Waals surface area contributed by atoms with Crippen molar-refractivity contribution in [1.82, 2.24) is 9.71 Å². The highest BCUT2D eigenvalue weighted by atomic mass is 32.2. The maximum absolute atomic E-state index is 12.3. The number of sulfonamides is 1. The molecule has 0 aliphatic carbocycles. The van der Waals surface area contributed by atoms with Crippen molar-refractivity contribution >= 4 is 27.5 Å². The number of carbonyl (C=O) groups is 2. The van der Waals surface area contributed by atoms with Gasteiger partial charge in [0.05, 0.1) is 4.90 Å². The number of rotatable bonds is 5. The molecule has 3 aromatic rings. The molecule has 1 heterocycles. The molecule has 1 aromatic heterocycles. The van der Waals surface area contributed by atoms with E-state index in [-0.39, 0.29) is 16.4 Å². The zero-order chi connectivity index (χ0) is 19.3. The molecule has 2 N–H and O–H groups in total. The zero-order valence-corrected chi connectivity index (χ0v) is 14.8. The van der Waals surface area contributed by atoms with E-state index < -0.39 is 15.9 Å². The fraction of sp³-hybridized carbons (Fsp3) is 0. The van der Waals surface area contributed by atoms with Gasteiger partial charge in [0.15, 0.2) is 0 Å². The highest BCUT2D eigenvalue weighted by Gasteiger charge is 2.18. The second kappa shape index (κ2) is 7.79. The monoisotopic (exact) mass is 381 g/mol. The summed E-state index contributed by atoms with van der Waals surface area (Å²) in [5.74, 6) is -1.06. The Morgan fingerprint density at radius 1 is 0.741 bits per heavy atom. The van der Waals surface area contributed by atoms with Gasteiger partial charge in [-0.25, -0.2) is 13.1 Å². The normalized spacial score (nSPS) is 10.8. The minimum atomic E-state index is -4.03. The van der Waals surface area contributed by atoms with E-state index in [2.05, 4.69) is 10.3 Å². The number of hydrogen-bond acceptors (Lipinski definition) is 5. The highest BCUT2D eigenvalue weighted by molar-refractivity contribution is 7.90. The van der Waals surface area contributed by atoms with Crippen LogP contribution in [0.3, 0.4) is 0 Å². The lowest BCUT2D eigenvalue weighted by Gasteiger charge is -2.09. The number of nitrogens with one attached hydrogen (secondary N) is 2. The molecule has 0 radical (unpaired) electrons. The summed E-state index contributed by atoms with van der Waals surface area (Å²) in [4.78, 5) is 27.9. The van der Waals surface area contributed by atoms with E-state index >= 15 is 0 Å². The Morgan fingerprint density at radius 2 is 1.33 bits per heavy atom. The molecule has 0 fully saturated rings. The summed E-state index contributed by atoms with van der Waals surface area (Å²) in [7, 11) is -4.03. The second-order valence-corrected chi connectivity index (χ2v) is 7.20. The van der Waals surface area contributed by atoms with Crippen LogP contribution >= 0.6 is 0 Å². The maximum Gasteiger partial charge on any atom is 0.264 e. The molecule has 0 atom stereocenters. The Kier molecular flexibility index (Phi) is 5.28. The summed E-state index contributed by atoms with van der Waals surface area (Å²) < 4.78 is 26.7. The van der Waals surface area contributed by atoms with E-state index in [1.807, 2.05) is 4.72 Å². The van der Waals surface area contributed by atoms with Gasteiger partial charge in [0, 0.05) is 29.2 Å². The molecule has 8 heteroatoms. The highest BCUT2D eigenvalue weighted by Crippen LogP contribution is 2.15. The summed E-state index contributed by atoms with van der Waals surface area (Å²) in [6.07, 6.45) is 3.00. The van der Waals surface area contributed by atoms with Crippen LogP contribution in [-0.4, -0.2) is 25.2 Å². The van der Waals surface area contributed by atoms with Crippen molar-refractivity contribution in [3.63, 3.8) is 0 Å². The number of carbonyl (C=O) groups excluding carboxylic acids is 2. The quantitative estimate of drug-likeness (QED) is 0.706. The first-order valence-corrected chi connectivity index (χ1v) is 9.38. The average molecular weight is 381 g/mol. The minimum absolute atomic E-state index is 0.0892. The maximum atomic E-state index is 12.3. The van der Waals surface area contributed by atoms with Crippen molar-refractivity contribution in [3.05, 3.63) is 90.3 Å². The number of aromatic nitrogens is 1. The number of amides is 2. The molecule has 27 heavy (non-hydrogen) atoms. The van der Waals surface area contributed by atoms with E-state index in [1.165, 1.54) is 48.8 Å². The summed E-state index contributed by atoms with van der Waals surface area (Å²) in [5.41, 5.74) is 1.09. The minimum Gasteiger partial charge on any atom is -0.322 e. The van der Waals surface area contributed by atoms with Gasteiger partial charge in [0.25, 0.3) is 21.8 Å². The molecule has 0 spiro atoms. The van der Waals surface area contributed by atoms with Crippen molar-refractivity contribution in [1.29, 1.82) is 0 Å². The van der Waals surface area contributed by atoms with Crippen molar-refractivity contribution in [2.24, 2.45) is 0 Å². The van der Waals surface area contributed by atoms with Crippen molar-refractivity contribution in [3.8, 4) is 0 Å². The van der Waals surface area contributed by atoms with E-state index in [0.29, 0.717) is 11.3 Å². The summed E-state index contributed by atoms with van der Waals surface area (Å²) in [5, 5.41) is 2.65. The lowest BCUT2D eigenvalue weighted by Crippen LogP contribution is -2.30. The lowest BCUT2D eigenvalue weighted by molar-refractivity contribution is 0.0979. The Balaban J connectivity index is 1.70. The van der Waals surface area contributed by atoms with Crippen LogP contribution in [0.4, 0.5) is 5.69 Å². The largest absolute Gasteiger partial charge is 0.322 e. The van der Waals surface area contributed by atoms with Gasteiger partial charge in [-0.3, -0.25) is 14.6 Å². The number of benzene rings is 2. The Bertz CT molecular complexity index is 1050. The van der Waals surface area contributed by atoms with Crippen LogP contribution in [0.2, 0.25) is 0 Å². The van der Waals surface area contributed by atoms with Crippen molar-refractivity contribution in [2.75, 3.05) is 5.32 Å². The molecular weight excluding hydrogens is 366 g/mol. The van der Waals surface area contributed by atoms with Crippen LogP contribution in [0.5, 0.6) is 0 Å². The third-order valence-corrected chi connectivity index (χ3v) is 4.97. The molecule has 0 aliphatic heterocycles. The fourth-order valence-corrected chi connectivity index (χ4v) is 3.23. The van der Waals surface area contributed by atoms with Gasteiger partial charge in [-0.05, 0) is 48.5 Å². The third kappa shape index (κ3) is 4.56. The number of pyridine rings is 1. The first-order valence-electron chi connectivity index (χ1n) is 7.89. The molecule has 2 aromatic carbocycles. The summed E-state index contributed by atoms with van der Waals surface area (Å²) >= 11 is 0. The standard InChI is InChI=1S/C19H15N3O4S/c23-18(15-10-12-20-13-11-15)21-16-6-8-17(9-7-16)27(25,26)22-19(24)14-4-2-1-3-5-14/h1-13H,(H,21,23)(H,22,24). The SMILES string of the molecule is O=C(Nc1ccc(S(=O)(=O)NC(=O)c2ccccc2)cc1)c1ccncc1. The van der Waals surface area contributed by atoms with Crippen LogP contribution in [0.15, 0.2) is 84.0 Å². The van der Waals surface area contributed by atoms with Crippen molar-refractivity contribution < 1.29 is 18.0 Å². The molecule has 0 bridgehead atoms. The van der Waals surface area contributed by atoms with Gasteiger partial charge >= 0.3 is 0 Å². The number of anilines is 1. The molecule has 0 saturated carbocycles. The first kappa shape index (κ1) is 18.3. The Labute approximate surface area is 156 Å². The average Bonchev–Trinajstić information content (AvgIpc) is 2.69. The first-order chi connectivity index (χ1) is 13.0. The molecule has 2 amide bonds. The zero-order valence-electron chi connectivity index (χ0n) is 14.0. The van der Waals surface area contributed by atoms with Gasteiger partial charge in [-0.15, -0.1) is 0 Å². The smallest absolute Gasteiger partial charge is 0.264 e. The van der Waals surface area contributed by atoms with Crippen molar-refractivity contribution in [2.45, 2.75) is 4.90 Å². The second-order valence-electron chi connectivity index (χ2n) is 5.52. The molecule has 0 aliphatic rings. The molecule has 7 nitrogen and oxygen atoms in total. The molecule has 3 rings (SSSR count). The number of nitrogens with zero attached hydrogens (tertiary/aromatic N) is 1. The third-order valence-electron chi connectivity index (χ3n) is 3.63. The van der Waals surface area contributed by atoms with Crippen LogP contribution in [-0.2, 0) is 10.0 Å². The summed E-state index contributed by atoms with van der Waals surface area (Å²) in [6.45, 7) is 0. The van der Waals surface area contributed by atoms with Gasteiger partial charge in [-0.2, -0.15) is 0 Å². The fourth-order valence-electron chi connectivity index (χ4n) is 2.25. The molecule has 0 unspecified atom stereocenters. The Morgan fingerprint density at radius 3 is 1.96 bits per heavy atom. The lowest BCUT2D eigenvalue weighted by atomic mass is 10.2. The van der Waals surface area contributed by atoms with Gasteiger partial charge in [-0.1, -0.05) is 18.2 Å². The van der Waals surface area contributed by atoms with Crippen LogP contribution in [0, 0.1) is 0 Å². The molecule has 0 saturated heterocycles. The molecular formula is C19H15N3O4S. The van der Waals surface area contributed by atoms with E-state index in [4.69, 9.17) is 0 Å². The van der Waals surface area contributed by atoms with Gasteiger partial charge in [0.1, 0.15) is 0 Å². The number of hydrogen-bond donors (Lipinski definition) is 2. The van der Waals surface area contributed by atoms with Gasteiger partial charge < -0.3 is 5.32 Å². The Hall–Kier alpha value is -3.52. The van der Waals surface area contributed by atoms with Gasteiger partial charge in [0.2, 0.25) is 0 Å². The van der Waals surface area contributed by atoms with Crippen LogP contribution < -0.4 is 10.0 Å². The topological polar surface area (TPSA) is 105 Å². The van der Waals surface area contributed by atoms with Crippen LogP contribution in [0.1, 0.15) is 20.7 Å². The summed E-state index contributed by atoms with van der Waals surface area (Å²) in [6, 6.07) is 16.7. The predicted octanol–water partition coefficient (Wildman–Crippen LogP) is 2.45. The van der Waals surface area contributed by atoms with E-state index in [9.17, 15) is 18.0 Å². The van der Waals surface area contributed by atoms with E-state index in [0.717, 1.165) is 0 Å². The molecule has 136 valence electrons. The van der Waals surface area contributed by atoms with E-state index in [1.54, 1.807) is 30.3 Å².